The Kier molecular flexibility index (Phi) is 5.59. The fraction of sp³-hybridized carbons (Fsp3) is 0.190. The Bertz CT molecular complexity index is 862. The Balaban J connectivity index is 1.64. The molecule has 3 rings (SSSR count). The van der Waals surface area contributed by atoms with Crippen LogP contribution >= 0.6 is 0 Å². The third-order valence-electron chi connectivity index (χ3n) is 3.94. The molecule has 0 aliphatic rings. The highest BCUT2D eigenvalue weighted by molar-refractivity contribution is 6.02. The van der Waals surface area contributed by atoms with Gasteiger partial charge in [-0.2, -0.15) is 0 Å². The molecule has 0 aliphatic heterocycles. The van der Waals surface area contributed by atoms with Crippen LogP contribution in [0.25, 0.3) is 0 Å². The summed E-state index contributed by atoms with van der Waals surface area (Å²) in [5.74, 6) is 0.518. The minimum Gasteiger partial charge on any atom is -0.473 e. The molecule has 1 heterocycles. The number of anilines is 1. The van der Waals surface area contributed by atoms with Crippen LogP contribution in [0.5, 0.6) is 5.88 Å². The fourth-order valence-corrected chi connectivity index (χ4v) is 2.42. The molecular weight excluding hydrogens is 326 g/mol. The number of carbonyl (C=O) groups excluding carboxylic acids is 1. The van der Waals surface area contributed by atoms with Crippen molar-refractivity contribution in [1.29, 1.82) is 0 Å². The highest BCUT2D eigenvalue weighted by atomic mass is 16.5. The van der Waals surface area contributed by atoms with Gasteiger partial charge in [-0.05, 0) is 29.2 Å². The summed E-state index contributed by atoms with van der Waals surface area (Å²) in [6.07, 6.45) is 1.33. The summed E-state index contributed by atoms with van der Waals surface area (Å²) in [5, 5.41) is 2.84. The Hall–Kier alpha value is -3.21. The van der Waals surface area contributed by atoms with Crippen molar-refractivity contribution < 1.29 is 9.53 Å². The van der Waals surface area contributed by atoms with E-state index in [0.717, 1.165) is 11.3 Å². The molecule has 0 atom stereocenters. The monoisotopic (exact) mass is 347 g/mol. The van der Waals surface area contributed by atoms with Crippen LogP contribution in [-0.2, 0) is 6.61 Å². The van der Waals surface area contributed by atoms with Crippen LogP contribution in [0.4, 0.5) is 5.69 Å². The third kappa shape index (κ3) is 4.66. The van der Waals surface area contributed by atoms with E-state index in [1.807, 2.05) is 54.6 Å². The Morgan fingerprint density at radius 2 is 1.77 bits per heavy atom. The average molecular weight is 347 g/mol. The van der Waals surface area contributed by atoms with Crippen LogP contribution in [0.3, 0.4) is 0 Å². The van der Waals surface area contributed by atoms with E-state index in [2.05, 4.69) is 29.1 Å². The van der Waals surface area contributed by atoms with Crippen LogP contribution in [0.15, 0.2) is 67.0 Å². The van der Waals surface area contributed by atoms with Gasteiger partial charge in [-0.25, -0.2) is 9.97 Å². The SMILES string of the molecule is CC(C)c1ccc(NC(=O)c2cc(OCc3ccccc3)ncn2)cc1. The van der Waals surface area contributed by atoms with Crippen molar-refractivity contribution in [3.63, 3.8) is 0 Å². The molecule has 0 bridgehead atoms. The van der Waals surface area contributed by atoms with Crippen molar-refractivity contribution in [1.82, 2.24) is 9.97 Å². The molecule has 1 N–H and O–H groups in total. The number of nitrogens with zero attached hydrogens (tertiary/aromatic N) is 2. The minimum atomic E-state index is -0.297. The predicted molar refractivity (Wildman–Crippen MR) is 101 cm³/mol. The number of ether oxygens (including phenoxy) is 1. The number of aromatic nitrogens is 2. The first-order valence-electron chi connectivity index (χ1n) is 8.52. The average Bonchev–Trinajstić information content (AvgIpc) is 2.68. The lowest BCUT2D eigenvalue weighted by molar-refractivity contribution is 0.102. The number of nitrogens with one attached hydrogen (secondary N) is 1. The summed E-state index contributed by atoms with van der Waals surface area (Å²) in [7, 11) is 0. The third-order valence-corrected chi connectivity index (χ3v) is 3.94. The number of rotatable bonds is 6. The molecular formula is C21H21N3O2. The van der Waals surface area contributed by atoms with Crippen molar-refractivity contribution in [3.8, 4) is 5.88 Å². The normalized spacial score (nSPS) is 10.6. The first-order chi connectivity index (χ1) is 12.6. The maximum Gasteiger partial charge on any atom is 0.274 e. The highest BCUT2D eigenvalue weighted by Gasteiger charge is 2.10. The number of hydrogen-bond donors (Lipinski definition) is 1. The van der Waals surface area contributed by atoms with Gasteiger partial charge in [0.1, 0.15) is 18.6 Å². The van der Waals surface area contributed by atoms with Gasteiger partial charge in [0.15, 0.2) is 0 Å². The molecule has 0 saturated heterocycles. The molecule has 0 radical (unpaired) electrons. The molecule has 0 saturated carbocycles. The van der Waals surface area contributed by atoms with E-state index in [9.17, 15) is 4.79 Å². The van der Waals surface area contributed by atoms with E-state index < -0.39 is 0 Å². The Labute approximate surface area is 153 Å². The minimum absolute atomic E-state index is 0.260. The van der Waals surface area contributed by atoms with Crippen molar-refractivity contribution in [2.24, 2.45) is 0 Å². The molecule has 0 aliphatic carbocycles. The summed E-state index contributed by atoms with van der Waals surface area (Å²) < 4.78 is 5.64. The van der Waals surface area contributed by atoms with Gasteiger partial charge in [0.05, 0.1) is 0 Å². The van der Waals surface area contributed by atoms with Crippen molar-refractivity contribution in [2.45, 2.75) is 26.4 Å². The van der Waals surface area contributed by atoms with Crippen LogP contribution < -0.4 is 10.1 Å². The molecule has 5 nitrogen and oxygen atoms in total. The summed E-state index contributed by atoms with van der Waals surface area (Å²) in [4.78, 5) is 20.5. The van der Waals surface area contributed by atoms with Crippen LogP contribution in [0, 0.1) is 0 Å². The molecule has 3 aromatic rings. The van der Waals surface area contributed by atoms with Gasteiger partial charge in [-0.3, -0.25) is 4.79 Å². The van der Waals surface area contributed by atoms with Gasteiger partial charge in [0.2, 0.25) is 5.88 Å². The summed E-state index contributed by atoms with van der Waals surface area (Å²) in [5.41, 5.74) is 3.24. The largest absolute Gasteiger partial charge is 0.473 e. The second-order valence-corrected chi connectivity index (χ2v) is 6.25. The number of carbonyl (C=O) groups is 1. The first-order valence-corrected chi connectivity index (χ1v) is 8.52. The van der Waals surface area contributed by atoms with E-state index >= 15 is 0 Å². The predicted octanol–water partition coefficient (Wildman–Crippen LogP) is 4.43. The smallest absolute Gasteiger partial charge is 0.274 e. The van der Waals surface area contributed by atoms with Gasteiger partial charge in [0, 0.05) is 11.8 Å². The molecule has 0 unspecified atom stereocenters. The van der Waals surface area contributed by atoms with E-state index in [0.29, 0.717) is 18.4 Å². The van der Waals surface area contributed by atoms with E-state index in [-0.39, 0.29) is 11.6 Å². The molecule has 2 aromatic carbocycles. The molecule has 0 spiro atoms. The van der Waals surface area contributed by atoms with Gasteiger partial charge in [-0.1, -0.05) is 56.3 Å². The zero-order chi connectivity index (χ0) is 18.4. The van der Waals surface area contributed by atoms with Gasteiger partial charge in [0.25, 0.3) is 5.91 Å². The lowest BCUT2D eigenvalue weighted by Crippen LogP contribution is -2.14. The summed E-state index contributed by atoms with van der Waals surface area (Å²) in [6, 6.07) is 19.1. The first kappa shape index (κ1) is 17.6. The number of amides is 1. The second kappa shape index (κ2) is 8.25. The van der Waals surface area contributed by atoms with Gasteiger partial charge in [-0.15, -0.1) is 0 Å². The highest BCUT2D eigenvalue weighted by Crippen LogP contribution is 2.18. The Morgan fingerprint density at radius 3 is 2.46 bits per heavy atom. The standard InChI is InChI=1S/C21H21N3O2/c1-15(2)17-8-10-18(11-9-17)24-21(25)19-12-20(23-14-22-19)26-13-16-6-4-3-5-7-16/h3-12,14-15H,13H2,1-2H3,(H,24,25). The van der Waals surface area contributed by atoms with E-state index in [4.69, 9.17) is 4.74 Å². The Morgan fingerprint density at radius 1 is 1.04 bits per heavy atom. The van der Waals surface area contributed by atoms with Crippen molar-refractivity contribution >= 4 is 11.6 Å². The van der Waals surface area contributed by atoms with Gasteiger partial charge < -0.3 is 10.1 Å². The van der Waals surface area contributed by atoms with Crippen LogP contribution in [0.1, 0.15) is 41.4 Å². The number of benzene rings is 2. The molecule has 5 heteroatoms. The van der Waals surface area contributed by atoms with E-state index in [1.165, 1.54) is 11.9 Å². The quantitative estimate of drug-likeness (QED) is 0.716. The molecule has 1 amide bonds. The lowest BCUT2D eigenvalue weighted by Gasteiger charge is -2.09. The molecule has 1 aromatic heterocycles. The van der Waals surface area contributed by atoms with Crippen LogP contribution in [-0.4, -0.2) is 15.9 Å². The maximum atomic E-state index is 12.4. The van der Waals surface area contributed by atoms with E-state index in [1.54, 1.807) is 6.07 Å². The maximum absolute atomic E-state index is 12.4. The van der Waals surface area contributed by atoms with Gasteiger partial charge >= 0.3 is 0 Å². The second-order valence-electron chi connectivity index (χ2n) is 6.25. The molecule has 26 heavy (non-hydrogen) atoms. The number of hydrogen-bond acceptors (Lipinski definition) is 4. The zero-order valence-electron chi connectivity index (χ0n) is 14.8. The van der Waals surface area contributed by atoms with Crippen LogP contribution in [0.2, 0.25) is 0 Å². The van der Waals surface area contributed by atoms with Crippen molar-refractivity contribution in [3.05, 3.63) is 83.8 Å². The molecule has 0 fully saturated rings. The lowest BCUT2D eigenvalue weighted by atomic mass is 10.0. The fourth-order valence-electron chi connectivity index (χ4n) is 2.42. The topological polar surface area (TPSA) is 64.1 Å². The molecule has 132 valence electrons. The summed E-state index contributed by atoms with van der Waals surface area (Å²) in [6.45, 7) is 4.65. The zero-order valence-corrected chi connectivity index (χ0v) is 14.8. The van der Waals surface area contributed by atoms with Crippen molar-refractivity contribution in [2.75, 3.05) is 5.32 Å². The summed E-state index contributed by atoms with van der Waals surface area (Å²) >= 11 is 0.